The van der Waals surface area contributed by atoms with Crippen LogP contribution < -0.4 is 10.6 Å². The first-order chi connectivity index (χ1) is 7.86. The molecule has 0 bridgehead atoms. The summed E-state index contributed by atoms with van der Waals surface area (Å²) in [5.74, 6) is 2.05. The van der Waals surface area contributed by atoms with Crippen LogP contribution in [0.2, 0.25) is 0 Å². The maximum Gasteiger partial charge on any atom is 0.138 e. The zero-order valence-corrected chi connectivity index (χ0v) is 10.6. The summed E-state index contributed by atoms with van der Waals surface area (Å²) in [6, 6.07) is 1.77. The van der Waals surface area contributed by atoms with Gasteiger partial charge in [0.1, 0.15) is 17.5 Å². The number of nitrogens with zero attached hydrogens (tertiary/aromatic N) is 3. The van der Waals surface area contributed by atoms with Crippen molar-refractivity contribution in [2.45, 2.75) is 38.7 Å². The van der Waals surface area contributed by atoms with E-state index >= 15 is 0 Å². The Morgan fingerprint density at radius 3 is 2.65 bits per heavy atom. The molecule has 5 nitrogen and oxygen atoms in total. The van der Waals surface area contributed by atoms with Crippen molar-refractivity contribution in [3.63, 3.8) is 0 Å². The predicted molar refractivity (Wildman–Crippen MR) is 68.0 cm³/mol. The molecule has 1 fully saturated rings. The smallest absolute Gasteiger partial charge is 0.138 e. The van der Waals surface area contributed by atoms with E-state index in [4.69, 9.17) is 5.73 Å². The van der Waals surface area contributed by atoms with Crippen LogP contribution in [0.25, 0.3) is 0 Å². The minimum atomic E-state index is -0.260. The third kappa shape index (κ3) is 2.66. The lowest BCUT2D eigenvalue weighted by Gasteiger charge is -2.22. The molecule has 1 aliphatic heterocycles. The van der Waals surface area contributed by atoms with Crippen LogP contribution in [0.4, 0.5) is 11.6 Å². The van der Waals surface area contributed by atoms with Crippen LogP contribution in [0.5, 0.6) is 0 Å². The molecule has 17 heavy (non-hydrogen) atoms. The van der Waals surface area contributed by atoms with E-state index in [1.54, 1.807) is 6.07 Å². The third-order valence-electron chi connectivity index (χ3n) is 2.89. The van der Waals surface area contributed by atoms with E-state index in [0.29, 0.717) is 12.4 Å². The lowest BCUT2D eigenvalue weighted by atomic mass is 9.96. The summed E-state index contributed by atoms with van der Waals surface area (Å²) in [6.07, 6.45) is 0.527. The first kappa shape index (κ1) is 12.1. The molecule has 1 saturated heterocycles. The Balaban J connectivity index is 2.32. The predicted octanol–water partition coefficient (Wildman–Crippen LogP) is 0.927. The van der Waals surface area contributed by atoms with Crippen molar-refractivity contribution in [2.75, 3.05) is 23.7 Å². The molecular formula is C12H20N4O. The number of anilines is 2. The van der Waals surface area contributed by atoms with E-state index in [-0.39, 0.29) is 11.5 Å². The van der Waals surface area contributed by atoms with Crippen LogP contribution in [0.3, 0.4) is 0 Å². The fourth-order valence-electron chi connectivity index (χ4n) is 1.90. The van der Waals surface area contributed by atoms with Crippen LogP contribution in [-0.2, 0) is 5.41 Å². The molecule has 1 unspecified atom stereocenters. The minimum absolute atomic E-state index is 0.123. The van der Waals surface area contributed by atoms with E-state index in [1.165, 1.54) is 0 Å². The highest BCUT2D eigenvalue weighted by atomic mass is 16.3. The van der Waals surface area contributed by atoms with Gasteiger partial charge in [-0.15, -0.1) is 0 Å². The van der Waals surface area contributed by atoms with E-state index in [2.05, 4.69) is 35.6 Å². The highest BCUT2D eigenvalue weighted by Crippen LogP contribution is 2.25. The molecule has 2 rings (SSSR count). The van der Waals surface area contributed by atoms with E-state index < -0.39 is 0 Å². The van der Waals surface area contributed by atoms with E-state index in [1.807, 2.05) is 0 Å². The van der Waals surface area contributed by atoms with Gasteiger partial charge in [-0.05, 0) is 6.42 Å². The number of rotatable bonds is 1. The van der Waals surface area contributed by atoms with Crippen LogP contribution in [0, 0.1) is 0 Å². The van der Waals surface area contributed by atoms with Crippen LogP contribution in [0.1, 0.15) is 33.0 Å². The van der Waals surface area contributed by atoms with Crippen molar-refractivity contribution < 1.29 is 5.11 Å². The normalized spacial score (nSPS) is 20.9. The summed E-state index contributed by atoms with van der Waals surface area (Å²) in [6.45, 7) is 7.63. The van der Waals surface area contributed by atoms with Crippen LogP contribution in [-0.4, -0.2) is 34.3 Å². The van der Waals surface area contributed by atoms with Gasteiger partial charge < -0.3 is 15.7 Å². The van der Waals surface area contributed by atoms with Gasteiger partial charge in [0.25, 0.3) is 0 Å². The van der Waals surface area contributed by atoms with Crippen molar-refractivity contribution in [3.05, 3.63) is 11.9 Å². The second kappa shape index (κ2) is 4.14. The molecule has 0 amide bonds. The molecule has 1 aromatic rings. The Kier molecular flexibility index (Phi) is 2.95. The largest absolute Gasteiger partial charge is 0.391 e. The molecule has 3 N–H and O–H groups in total. The molecule has 1 atom stereocenters. The lowest BCUT2D eigenvalue weighted by molar-refractivity contribution is 0.198. The highest BCUT2D eigenvalue weighted by molar-refractivity contribution is 5.48. The van der Waals surface area contributed by atoms with Gasteiger partial charge in [-0.3, -0.25) is 0 Å². The zero-order chi connectivity index (χ0) is 12.6. The Morgan fingerprint density at radius 2 is 2.12 bits per heavy atom. The van der Waals surface area contributed by atoms with Gasteiger partial charge in [0.15, 0.2) is 0 Å². The molecule has 1 aliphatic rings. The highest BCUT2D eigenvalue weighted by Gasteiger charge is 2.24. The Bertz CT molecular complexity index is 413. The van der Waals surface area contributed by atoms with Crippen molar-refractivity contribution in [1.29, 1.82) is 0 Å². The van der Waals surface area contributed by atoms with E-state index in [0.717, 1.165) is 24.6 Å². The van der Waals surface area contributed by atoms with Gasteiger partial charge in [0.2, 0.25) is 0 Å². The van der Waals surface area contributed by atoms with Gasteiger partial charge >= 0.3 is 0 Å². The molecule has 0 aliphatic carbocycles. The first-order valence-electron chi connectivity index (χ1n) is 5.94. The van der Waals surface area contributed by atoms with E-state index in [9.17, 15) is 5.11 Å². The average Bonchev–Trinajstić information content (AvgIpc) is 2.62. The lowest BCUT2D eigenvalue weighted by Crippen LogP contribution is -2.25. The summed E-state index contributed by atoms with van der Waals surface area (Å²) >= 11 is 0. The van der Waals surface area contributed by atoms with Crippen molar-refractivity contribution in [2.24, 2.45) is 0 Å². The molecule has 0 aromatic carbocycles. The number of hydrogen-bond donors (Lipinski definition) is 2. The van der Waals surface area contributed by atoms with Crippen molar-refractivity contribution >= 4 is 11.6 Å². The molecule has 1 aromatic heterocycles. The number of β-amino-alcohol motifs (C(OH)–C–C–N with tert-alkyl or cyclic N) is 1. The molecule has 94 valence electrons. The van der Waals surface area contributed by atoms with Crippen molar-refractivity contribution in [1.82, 2.24) is 9.97 Å². The summed E-state index contributed by atoms with van der Waals surface area (Å²) < 4.78 is 0. The summed E-state index contributed by atoms with van der Waals surface area (Å²) in [5, 5.41) is 9.54. The maximum absolute atomic E-state index is 9.54. The quantitative estimate of drug-likeness (QED) is 0.758. The van der Waals surface area contributed by atoms with Crippen molar-refractivity contribution in [3.8, 4) is 0 Å². The molecule has 0 radical (unpaired) electrons. The second-order valence-electron chi connectivity index (χ2n) is 5.61. The van der Waals surface area contributed by atoms with Gasteiger partial charge in [-0.1, -0.05) is 20.8 Å². The second-order valence-corrected chi connectivity index (χ2v) is 5.61. The average molecular weight is 236 g/mol. The molecule has 5 heteroatoms. The monoisotopic (exact) mass is 236 g/mol. The number of aromatic nitrogens is 2. The molecule has 0 saturated carbocycles. The Morgan fingerprint density at radius 1 is 1.41 bits per heavy atom. The maximum atomic E-state index is 9.54. The van der Waals surface area contributed by atoms with Crippen LogP contribution in [0.15, 0.2) is 6.07 Å². The number of nitrogen functional groups attached to an aromatic ring is 1. The molecule has 2 heterocycles. The van der Waals surface area contributed by atoms with Gasteiger partial charge in [0.05, 0.1) is 6.10 Å². The fourth-order valence-corrected chi connectivity index (χ4v) is 1.90. The Labute approximate surface area is 102 Å². The SMILES string of the molecule is CC(C)(C)c1nc(N)cc(N2CCC(O)C2)n1. The molecular weight excluding hydrogens is 216 g/mol. The Hall–Kier alpha value is -1.36. The standard InChI is InChI=1S/C12H20N4O/c1-12(2,3)11-14-9(13)6-10(15-11)16-5-4-8(17)7-16/h6,8,17H,4-5,7H2,1-3H3,(H2,13,14,15). The minimum Gasteiger partial charge on any atom is -0.391 e. The number of hydrogen-bond acceptors (Lipinski definition) is 5. The van der Waals surface area contributed by atoms with Gasteiger partial charge in [0, 0.05) is 24.6 Å². The molecule has 0 spiro atoms. The summed E-state index contributed by atoms with van der Waals surface area (Å²) in [5.41, 5.74) is 5.70. The van der Waals surface area contributed by atoms with Gasteiger partial charge in [-0.25, -0.2) is 9.97 Å². The third-order valence-corrected chi connectivity index (χ3v) is 2.89. The topological polar surface area (TPSA) is 75.3 Å². The first-order valence-corrected chi connectivity index (χ1v) is 5.94. The summed E-state index contributed by atoms with van der Waals surface area (Å²) in [4.78, 5) is 10.9. The number of nitrogens with two attached hydrogens (primary N) is 1. The number of aliphatic hydroxyl groups excluding tert-OH is 1. The summed E-state index contributed by atoms with van der Waals surface area (Å²) in [7, 11) is 0. The number of aliphatic hydroxyl groups is 1. The van der Waals surface area contributed by atoms with Crippen LogP contribution >= 0.6 is 0 Å². The zero-order valence-electron chi connectivity index (χ0n) is 10.6. The fraction of sp³-hybridized carbons (Fsp3) is 0.667. The van der Waals surface area contributed by atoms with Gasteiger partial charge in [-0.2, -0.15) is 0 Å².